The third-order valence-corrected chi connectivity index (χ3v) is 5.99. The van der Waals surface area contributed by atoms with E-state index in [0.29, 0.717) is 35.1 Å². The molecule has 2 N–H and O–H groups in total. The second kappa shape index (κ2) is 10.6. The molecule has 0 amide bonds. The first-order chi connectivity index (χ1) is 15.9. The number of hydrogen-bond donors (Lipinski definition) is 2. The van der Waals surface area contributed by atoms with Gasteiger partial charge in [-0.1, -0.05) is 30.3 Å². The van der Waals surface area contributed by atoms with Gasteiger partial charge in [0.25, 0.3) is 10.1 Å². The highest BCUT2D eigenvalue weighted by molar-refractivity contribution is 7.85. The van der Waals surface area contributed by atoms with Crippen LogP contribution in [0.5, 0.6) is 23.0 Å². The highest BCUT2D eigenvalue weighted by atomic mass is 32.2. The predicted octanol–water partition coefficient (Wildman–Crippen LogP) is 6.25. The quantitative estimate of drug-likeness (QED) is 0.350. The van der Waals surface area contributed by atoms with Crippen molar-refractivity contribution in [1.82, 2.24) is 5.32 Å². The van der Waals surface area contributed by atoms with Gasteiger partial charge in [-0.2, -0.15) is 8.42 Å². The Kier molecular flexibility index (Phi) is 8.02. The van der Waals surface area contributed by atoms with Crippen molar-refractivity contribution in [1.29, 1.82) is 0 Å². The second-order valence-electron chi connectivity index (χ2n) is 9.62. The molecular weight excluding hydrogens is 450 g/mol. The zero-order valence-corrected chi connectivity index (χ0v) is 21.1. The molecule has 3 aromatic carbocycles. The van der Waals surface area contributed by atoms with E-state index >= 15 is 0 Å². The van der Waals surface area contributed by atoms with E-state index in [1.54, 1.807) is 12.1 Å². The summed E-state index contributed by atoms with van der Waals surface area (Å²) in [4.78, 5) is 0. The first kappa shape index (κ1) is 25.7. The van der Waals surface area contributed by atoms with Crippen LogP contribution in [0.3, 0.4) is 0 Å². The second-order valence-corrected chi connectivity index (χ2v) is 11.1. The average molecular weight is 484 g/mol. The van der Waals surface area contributed by atoms with Crippen LogP contribution in [0.1, 0.15) is 43.4 Å². The number of nitrogens with one attached hydrogen (secondary N) is 1. The van der Waals surface area contributed by atoms with Gasteiger partial charge in [-0.15, -0.1) is 0 Å². The zero-order valence-electron chi connectivity index (χ0n) is 20.3. The summed E-state index contributed by atoms with van der Waals surface area (Å²) in [6.45, 7) is 10.3. The minimum absolute atomic E-state index is 0.216. The summed E-state index contributed by atoms with van der Waals surface area (Å²) in [6, 6.07) is 20.7. The number of benzene rings is 3. The summed E-state index contributed by atoms with van der Waals surface area (Å²) in [5.41, 5.74) is 2.62. The molecule has 0 bridgehead atoms. The Morgan fingerprint density at radius 2 is 1.41 bits per heavy atom. The molecule has 0 aliphatic carbocycles. The molecule has 182 valence electrons. The van der Waals surface area contributed by atoms with E-state index in [4.69, 9.17) is 9.47 Å². The van der Waals surface area contributed by atoms with Gasteiger partial charge in [-0.25, -0.2) is 0 Å². The van der Waals surface area contributed by atoms with Crippen LogP contribution >= 0.6 is 0 Å². The van der Waals surface area contributed by atoms with Crippen molar-refractivity contribution in [2.45, 2.75) is 46.1 Å². The van der Waals surface area contributed by atoms with E-state index in [9.17, 15) is 13.0 Å². The Bertz CT molecular complexity index is 1230. The van der Waals surface area contributed by atoms with Gasteiger partial charge >= 0.3 is 0 Å². The topological polar surface area (TPSA) is 84.9 Å². The summed E-state index contributed by atoms with van der Waals surface area (Å²) < 4.78 is 45.4. The van der Waals surface area contributed by atoms with E-state index < -0.39 is 21.8 Å². The van der Waals surface area contributed by atoms with Gasteiger partial charge < -0.3 is 14.8 Å². The van der Waals surface area contributed by atoms with Crippen LogP contribution in [-0.2, 0) is 10.1 Å². The van der Waals surface area contributed by atoms with E-state index in [-0.39, 0.29) is 5.54 Å². The molecule has 0 saturated carbocycles. The lowest BCUT2D eigenvalue weighted by atomic mass is 9.98. The molecule has 0 fully saturated rings. The van der Waals surface area contributed by atoms with Crippen molar-refractivity contribution in [3.63, 3.8) is 0 Å². The molecule has 3 rings (SSSR count). The number of aryl methyl sites for hydroxylation is 2. The minimum atomic E-state index is -4.19. The molecule has 1 unspecified atom stereocenters. The van der Waals surface area contributed by atoms with E-state index in [1.165, 1.54) is 0 Å². The average Bonchev–Trinajstić information content (AvgIpc) is 2.71. The molecular formula is C27H33NO5S. The molecule has 0 spiro atoms. The van der Waals surface area contributed by atoms with Crippen LogP contribution in [0.15, 0.2) is 66.7 Å². The molecule has 7 heteroatoms. The lowest BCUT2D eigenvalue weighted by Gasteiger charge is -2.25. The first-order valence-electron chi connectivity index (χ1n) is 11.2. The Balaban J connectivity index is 2.01. The van der Waals surface area contributed by atoms with Crippen LogP contribution in [0, 0.1) is 13.8 Å². The first-order valence-corrected chi connectivity index (χ1v) is 12.8. The fourth-order valence-corrected chi connectivity index (χ4v) is 4.33. The number of ether oxygens (including phenoxy) is 2. The van der Waals surface area contributed by atoms with Gasteiger partial charge in [-0.05, 0) is 87.7 Å². The molecule has 0 aliphatic rings. The summed E-state index contributed by atoms with van der Waals surface area (Å²) in [5.74, 6) is 1.39. The molecule has 0 aliphatic heterocycles. The molecule has 0 heterocycles. The van der Waals surface area contributed by atoms with Crippen LogP contribution in [0.4, 0.5) is 0 Å². The maximum absolute atomic E-state index is 11.8. The maximum Gasteiger partial charge on any atom is 0.265 e. The monoisotopic (exact) mass is 483 g/mol. The Morgan fingerprint density at radius 1 is 0.853 bits per heavy atom. The molecule has 0 saturated heterocycles. The predicted molar refractivity (Wildman–Crippen MR) is 136 cm³/mol. The fraction of sp³-hybridized carbons (Fsp3) is 0.333. The van der Waals surface area contributed by atoms with Gasteiger partial charge in [0.15, 0.2) is 11.5 Å². The van der Waals surface area contributed by atoms with Gasteiger partial charge in [0.2, 0.25) is 0 Å². The van der Waals surface area contributed by atoms with Crippen molar-refractivity contribution in [2.24, 2.45) is 0 Å². The smallest absolute Gasteiger partial charge is 0.265 e. The third kappa shape index (κ3) is 8.17. The van der Waals surface area contributed by atoms with Crippen LogP contribution < -0.4 is 14.8 Å². The fourth-order valence-electron chi connectivity index (χ4n) is 3.51. The Labute approximate surface area is 202 Å². The van der Waals surface area contributed by atoms with Crippen LogP contribution in [-0.4, -0.2) is 30.8 Å². The lowest BCUT2D eigenvalue weighted by Crippen LogP contribution is -2.39. The summed E-state index contributed by atoms with van der Waals surface area (Å²) >= 11 is 0. The Hall–Kier alpha value is -2.87. The van der Waals surface area contributed by atoms with Crippen molar-refractivity contribution < 1.29 is 22.4 Å². The van der Waals surface area contributed by atoms with Crippen molar-refractivity contribution in [3.05, 3.63) is 83.4 Å². The summed E-state index contributed by atoms with van der Waals surface area (Å²) in [5, 5.41) is 3.33. The van der Waals surface area contributed by atoms with Crippen molar-refractivity contribution in [2.75, 3.05) is 12.3 Å². The van der Waals surface area contributed by atoms with Crippen molar-refractivity contribution in [3.8, 4) is 23.0 Å². The molecule has 0 aromatic heterocycles. The molecule has 6 nitrogen and oxygen atoms in total. The van der Waals surface area contributed by atoms with E-state index in [0.717, 1.165) is 11.1 Å². The largest absolute Gasteiger partial charge is 0.453 e. The molecule has 1 atom stereocenters. The SMILES string of the molecule is Cc1cccc(Oc2ccc(C(CNC(C)(C)C)CS(=O)(=O)O)cc2Oc2cccc(C)c2)c1. The molecule has 0 radical (unpaired) electrons. The lowest BCUT2D eigenvalue weighted by molar-refractivity contribution is 0.403. The van der Waals surface area contributed by atoms with Crippen LogP contribution in [0.25, 0.3) is 0 Å². The van der Waals surface area contributed by atoms with Gasteiger partial charge in [0.1, 0.15) is 11.5 Å². The highest BCUT2D eigenvalue weighted by Crippen LogP contribution is 2.38. The van der Waals surface area contributed by atoms with Crippen molar-refractivity contribution >= 4 is 10.1 Å². The minimum Gasteiger partial charge on any atom is -0.453 e. The van der Waals surface area contributed by atoms with E-state index in [2.05, 4.69) is 5.32 Å². The van der Waals surface area contributed by atoms with Gasteiger partial charge in [0, 0.05) is 18.0 Å². The van der Waals surface area contributed by atoms with Crippen LogP contribution in [0.2, 0.25) is 0 Å². The van der Waals surface area contributed by atoms with Gasteiger partial charge in [0.05, 0.1) is 5.75 Å². The number of hydrogen-bond acceptors (Lipinski definition) is 5. The summed E-state index contributed by atoms with van der Waals surface area (Å²) in [7, 11) is -4.19. The normalized spacial score (nSPS) is 12.9. The standard InChI is InChI=1S/C27H33NO5S/c1-19-8-6-10-23(14-19)32-25-13-12-21(16-26(25)33-24-11-7-9-20(2)15-24)22(18-34(29,30)31)17-28-27(3,4)5/h6-16,22,28H,17-18H2,1-5H3,(H,29,30,31). The Morgan fingerprint density at radius 3 is 1.91 bits per heavy atom. The highest BCUT2D eigenvalue weighted by Gasteiger charge is 2.23. The summed E-state index contributed by atoms with van der Waals surface area (Å²) in [6.07, 6.45) is 0. The maximum atomic E-state index is 11.8. The molecule has 3 aromatic rings. The third-order valence-electron chi connectivity index (χ3n) is 5.16. The van der Waals surface area contributed by atoms with E-state index in [1.807, 2.05) is 89.2 Å². The molecule has 34 heavy (non-hydrogen) atoms. The zero-order chi connectivity index (χ0) is 24.9. The number of rotatable bonds is 9. The van der Waals surface area contributed by atoms with Gasteiger partial charge in [-0.3, -0.25) is 4.55 Å².